The molecule has 16 heavy (non-hydrogen) atoms. The fourth-order valence-corrected chi connectivity index (χ4v) is 1.43. The lowest BCUT2D eigenvalue weighted by Crippen LogP contribution is -2.19. The summed E-state index contributed by atoms with van der Waals surface area (Å²) in [6, 6.07) is 6.64. The summed E-state index contributed by atoms with van der Waals surface area (Å²) in [6.07, 6.45) is -0.318. The lowest BCUT2D eigenvalue weighted by molar-refractivity contribution is 0.199. The second-order valence-electron chi connectivity index (χ2n) is 3.72. The van der Waals surface area contributed by atoms with Crippen LogP contribution < -0.4 is 4.90 Å². The predicted octanol–water partition coefficient (Wildman–Crippen LogP) is 2.23. The van der Waals surface area contributed by atoms with Gasteiger partial charge in [0.25, 0.3) is 0 Å². The molecular formula is C12H15FN2O. The highest BCUT2D eigenvalue weighted by Crippen LogP contribution is 2.22. The van der Waals surface area contributed by atoms with E-state index >= 15 is 0 Å². The van der Waals surface area contributed by atoms with Gasteiger partial charge in [-0.05, 0) is 24.6 Å². The molecule has 0 spiro atoms. The minimum absolute atomic E-state index is 0.355. The first kappa shape index (κ1) is 12.5. The Morgan fingerprint density at radius 3 is 2.75 bits per heavy atom. The van der Waals surface area contributed by atoms with Crippen molar-refractivity contribution in [2.75, 3.05) is 18.5 Å². The standard InChI is InChI=1S/C12H15FN2O/c1-9(16)10-4-5-12(11(13)8-10)15(2)7-3-6-14/h4-5,8-9,16H,3,7H2,1-2H3/t9-/m1/s1. The number of hydrogen-bond acceptors (Lipinski definition) is 3. The number of aliphatic hydroxyl groups is 1. The van der Waals surface area contributed by atoms with E-state index in [9.17, 15) is 9.50 Å². The number of nitrogens with zero attached hydrogens (tertiary/aromatic N) is 2. The van der Waals surface area contributed by atoms with Gasteiger partial charge in [0.2, 0.25) is 0 Å². The average Bonchev–Trinajstić information content (AvgIpc) is 2.25. The second-order valence-corrected chi connectivity index (χ2v) is 3.72. The highest BCUT2D eigenvalue weighted by molar-refractivity contribution is 5.48. The van der Waals surface area contributed by atoms with Crippen LogP contribution in [0.3, 0.4) is 0 Å². The van der Waals surface area contributed by atoms with Crippen molar-refractivity contribution in [3.05, 3.63) is 29.6 Å². The van der Waals surface area contributed by atoms with Crippen LogP contribution in [-0.4, -0.2) is 18.7 Å². The molecule has 1 atom stereocenters. The summed E-state index contributed by atoms with van der Waals surface area (Å²) in [5, 5.41) is 17.7. The van der Waals surface area contributed by atoms with E-state index in [2.05, 4.69) is 0 Å². The highest BCUT2D eigenvalue weighted by Gasteiger charge is 2.10. The summed E-state index contributed by atoms with van der Waals surface area (Å²) in [4.78, 5) is 1.68. The first-order valence-corrected chi connectivity index (χ1v) is 5.12. The Morgan fingerprint density at radius 1 is 1.56 bits per heavy atom. The Balaban J connectivity index is 2.86. The largest absolute Gasteiger partial charge is 0.389 e. The molecule has 0 heterocycles. The van der Waals surface area contributed by atoms with Crippen molar-refractivity contribution in [1.82, 2.24) is 0 Å². The van der Waals surface area contributed by atoms with Crippen molar-refractivity contribution in [2.24, 2.45) is 0 Å². The molecule has 1 rings (SSSR count). The number of benzene rings is 1. The maximum absolute atomic E-state index is 13.7. The van der Waals surface area contributed by atoms with Gasteiger partial charge in [-0.1, -0.05) is 6.07 Å². The second kappa shape index (κ2) is 5.47. The van der Waals surface area contributed by atoms with Gasteiger partial charge >= 0.3 is 0 Å². The molecule has 4 heteroatoms. The molecule has 0 aliphatic rings. The Morgan fingerprint density at radius 2 is 2.25 bits per heavy atom. The number of hydrogen-bond donors (Lipinski definition) is 1. The van der Waals surface area contributed by atoms with E-state index in [0.29, 0.717) is 24.2 Å². The summed E-state index contributed by atoms with van der Waals surface area (Å²) >= 11 is 0. The van der Waals surface area contributed by atoms with Crippen molar-refractivity contribution < 1.29 is 9.50 Å². The Kier molecular flexibility index (Phi) is 4.27. The van der Waals surface area contributed by atoms with Gasteiger partial charge < -0.3 is 10.0 Å². The Labute approximate surface area is 94.7 Å². The van der Waals surface area contributed by atoms with Crippen LogP contribution in [0.25, 0.3) is 0 Å². The molecule has 0 fully saturated rings. The third-order valence-electron chi connectivity index (χ3n) is 2.42. The van der Waals surface area contributed by atoms with Crippen LogP contribution in [0.15, 0.2) is 18.2 Å². The van der Waals surface area contributed by atoms with Crippen molar-refractivity contribution >= 4 is 5.69 Å². The number of halogens is 1. The zero-order valence-corrected chi connectivity index (χ0v) is 9.44. The van der Waals surface area contributed by atoms with Crippen molar-refractivity contribution in [3.63, 3.8) is 0 Å². The predicted molar refractivity (Wildman–Crippen MR) is 60.5 cm³/mol. The van der Waals surface area contributed by atoms with Gasteiger partial charge in [-0.2, -0.15) is 5.26 Å². The molecule has 86 valence electrons. The maximum atomic E-state index is 13.7. The van der Waals surface area contributed by atoms with Crippen LogP contribution >= 0.6 is 0 Å². The normalized spacial score (nSPS) is 11.9. The lowest BCUT2D eigenvalue weighted by atomic mass is 10.1. The topological polar surface area (TPSA) is 47.3 Å². The summed E-state index contributed by atoms with van der Waals surface area (Å²) in [7, 11) is 1.73. The summed E-state index contributed by atoms with van der Waals surface area (Å²) in [6.45, 7) is 2.08. The number of rotatable bonds is 4. The molecule has 0 bridgehead atoms. The molecule has 0 unspecified atom stereocenters. The lowest BCUT2D eigenvalue weighted by Gasteiger charge is -2.19. The molecule has 1 N–H and O–H groups in total. The third-order valence-corrected chi connectivity index (χ3v) is 2.42. The Bertz CT molecular complexity index is 398. The minimum atomic E-state index is -0.673. The van der Waals surface area contributed by atoms with Gasteiger partial charge in [0.1, 0.15) is 5.82 Å². The fraction of sp³-hybridized carbons (Fsp3) is 0.417. The molecule has 0 amide bonds. The van der Waals surface area contributed by atoms with Gasteiger partial charge in [0.15, 0.2) is 0 Å². The van der Waals surface area contributed by atoms with Gasteiger partial charge in [-0.25, -0.2) is 4.39 Å². The molecular weight excluding hydrogens is 207 g/mol. The van der Waals surface area contributed by atoms with Crippen LogP contribution in [0.5, 0.6) is 0 Å². The average molecular weight is 222 g/mol. The monoisotopic (exact) mass is 222 g/mol. The molecule has 3 nitrogen and oxygen atoms in total. The highest BCUT2D eigenvalue weighted by atomic mass is 19.1. The molecule has 0 aliphatic carbocycles. The number of aliphatic hydroxyl groups excluding tert-OH is 1. The van der Waals surface area contributed by atoms with Gasteiger partial charge in [0.05, 0.1) is 24.3 Å². The summed E-state index contributed by atoms with van der Waals surface area (Å²) in [5.74, 6) is -0.376. The van der Waals surface area contributed by atoms with Gasteiger partial charge in [0, 0.05) is 13.6 Å². The molecule has 1 aromatic carbocycles. The minimum Gasteiger partial charge on any atom is -0.389 e. The Hall–Kier alpha value is -1.60. The van der Waals surface area contributed by atoms with Gasteiger partial charge in [-0.3, -0.25) is 0 Å². The van der Waals surface area contributed by atoms with E-state index in [4.69, 9.17) is 5.26 Å². The fourth-order valence-electron chi connectivity index (χ4n) is 1.43. The van der Waals surface area contributed by atoms with E-state index in [0.717, 1.165) is 0 Å². The van der Waals surface area contributed by atoms with Crippen LogP contribution in [0.1, 0.15) is 25.0 Å². The van der Waals surface area contributed by atoms with E-state index < -0.39 is 6.10 Å². The van der Waals surface area contributed by atoms with E-state index in [1.165, 1.54) is 6.07 Å². The number of nitriles is 1. The summed E-state index contributed by atoms with van der Waals surface area (Å²) in [5.41, 5.74) is 0.995. The third kappa shape index (κ3) is 2.94. The SMILES string of the molecule is C[C@@H](O)c1ccc(N(C)CCC#N)c(F)c1. The smallest absolute Gasteiger partial charge is 0.146 e. The molecule has 0 radical (unpaired) electrons. The molecule has 0 aliphatic heterocycles. The first-order chi connectivity index (χ1) is 7.56. The van der Waals surface area contributed by atoms with E-state index in [1.807, 2.05) is 6.07 Å². The molecule has 0 saturated heterocycles. The maximum Gasteiger partial charge on any atom is 0.146 e. The van der Waals surface area contributed by atoms with Crippen molar-refractivity contribution in [1.29, 1.82) is 5.26 Å². The van der Waals surface area contributed by atoms with Crippen LogP contribution in [0, 0.1) is 17.1 Å². The molecule has 0 saturated carbocycles. The zero-order chi connectivity index (χ0) is 12.1. The van der Waals surface area contributed by atoms with Crippen LogP contribution in [0.4, 0.5) is 10.1 Å². The number of anilines is 1. The summed E-state index contributed by atoms with van der Waals surface area (Å²) < 4.78 is 13.7. The van der Waals surface area contributed by atoms with Gasteiger partial charge in [-0.15, -0.1) is 0 Å². The van der Waals surface area contributed by atoms with Crippen molar-refractivity contribution in [3.8, 4) is 6.07 Å². The van der Waals surface area contributed by atoms with Crippen molar-refractivity contribution in [2.45, 2.75) is 19.4 Å². The van der Waals surface area contributed by atoms with Crippen LogP contribution in [0.2, 0.25) is 0 Å². The van der Waals surface area contributed by atoms with Crippen LogP contribution in [-0.2, 0) is 0 Å². The zero-order valence-electron chi connectivity index (χ0n) is 9.44. The quantitative estimate of drug-likeness (QED) is 0.849. The first-order valence-electron chi connectivity index (χ1n) is 5.12. The van der Waals surface area contributed by atoms with E-state index in [-0.39, 0.29) is 5.82 Å². The molecule has 1 aromatic rings. The van der Waals surface area contributed by atoms with E-state index in [1.54, 1.807) is 31.0 Å². The molecule has 0 aromatic heterocycles.